The van der Waals surface area contributed by atoms with Crippen LogP contribution in [0.25, 0.3) is 16.7 Å². The molecule has 2 N–H and O–H groups in total. The number of fused-ring (bicyclic) bond motifs is 1. The normalized spacial score (nSPS) is 9.87. The first kappa shape index (κ1) is 16.6. The number of imidazole rings is 1. The smallest absolute Gasteiger partial charge is 0.317 e. The van der Waals surface area contributed by atoms with Crippen molar-refractivity contribution in [3.8, 4) is 11.9 Å². The number of nitro benzene ring substituents is 1. The molecule has 0 spiro atoms. The fraction of sp³-hybridized carbons (Fsp3) is 0. The number of benzene rings is 1. The minimum atomic E-state index is -0.640. The van der Waals surface area contributed by atoms with Gasteiger partial charge in [0.1, 0.15) is 5.69 Å². The molecule has 0 unspecified atom stereocenters. The van der Waals surface area contributed by atoms with Crippen LogP contribution in [0.5, 0.6) is 0 Å². The van der Waals surface area contributed by atoms with Crippen molar-refractivity contribution in [3.05, 3.63) is 51.3 Å². The van der Waals surface area contributed by atoms with Crippen LogP contribution in [0.2, 0.25) is 0 Å². The molecule has 0 aliphatic heterocycles. The van der Waals surface area contributed by atoms with Crippen molar-refractivity contribution >= 4 is 22.5 Å². The SMILES string of the molecule is N#CNc1nc2cc(-n3ccnc3)c([N+](=O)[O-])cc2[nH]c1=O.[Na+]. The number of nitrogens with one attached hydrogen (secondary N) is 2. The summed E-state index contributed by atoms with van der Waals surface area (Å²) >= 11 is 0. The molecule has 0 aliphatic carbocycles. The maximum absolute atomic E-state index is 11.7. The average molecular weight is 320 g/mol. The molecular weight excluding hydrogens is 313 g/mol. The molecule has 23 heavy (non-hydrogen) atoms. The standard InChI is InChI=1S/C12H7N7O3.Na/c13-5-15-11-12(20)17-8-4-10(19(21)22)9(3-7(8)16-11)18-2-1-14-6-18;/h1-4,6H,(H,15,16)(H,17,20);/q;+1. The Balaban J connectivity index is 0.00000192. The van der Waals surface area contributed by atoms with Crippen LogP contribution in [0.15, 0.2) is 35.6 Å². The van der Waals surface area contributed by atoms with Crippen molar-refractivity contribution < 1.29 is 34.5 Å². The van der Waals surface area contributed by atoms with Gasteiger partial charge in [-0.05, 0) is 6.07 Å². The summed E-state index contributed by atoms with van der Waals surface area (Å²) in [7, 11) is 0. The molecule has 0 saturated heterocycles. The molecule has 0 fully saturated rings. The van der Waals surface area contributed by atoms with E-state index in [2.05, 4.69) is 20.3 Å². The summed E-state index contributed by atoms with van der Waals surface area (Å²) in [4.78, 5) is 32.7. The molecule has 0 amide bonds. The Morgan fingerprint density at radius 1 is 1.43 bits per heavy atom. The van der Waals surface area contributed by atoms with Crippen LogP contribution in [0.1, 0.15) is 0 Å². The van der Waals surface area contributed by atoms with Crippen molar-refractivity contribution in [3.63, 3.8) is 0 Å². The summed E-state index contributed by atoms with van der Waals surface area (Å²) in [5.41, 5.74) is -0.101. The van der Waals surface area contributed by atoms with Gasteiger partial charge < -0.3 is 9.55 Å². The molecule has 0 aliphatic rings. The van der Waals surface area contributed by atoms with Crippen LogP contribution >= 0.6 is 0 Å². The van der Waals surface area contributed by atoms with Crippen molar-refractivity contribution in [2.75, 3.05) is 5.32 Å². The number of hydrogen-bond donors (Lipinski definition) is 2. The summed E-state index contributed by atoms with van der Waals surface area (Å²) in [6, 6.07) is 2.66. The van der Waals surface area contributed by atoms with Crippen LogP contribution in [0, 0.1) is 21.6 Å². The van der Waals surface area contributed by atoms with Gasteiger partial charge in [-0.3, -0.25) is 20.2 Å². The number of nitro groups is 1. The number of aromatic amines is 1. The third-order valence-corrected chi connectivity index (χ3v) is 2.94. The van der Waals surface area contributed by atoms with Crippen molar-refractivity contribution in [2.45, 2.75) is 0 Å². The van der Waals surface area contributed by atoms with Crippen LogP contribution < -0.4 is 40.4 Å². The van der Waals surface area contributed by atoms with Gasteiger partial charge in [0.25, 0.3) is 11.2 Å². The van der Waals surface area contributed by atoms with Gasteiger partial charge in [0, 0.05) is 18.5 Å². The third-order valence-electron chi connectivity index (χ3n) is 2.94. The largest absolute Gasteiger partial charge is 1.00 e. The predicted octanol–water partition coefficient (Wildman–Crippen LogP) is -2.09. The van der Waals surface area contributed by atoms with E-state index < -0.39 is 10.5 Å². The molecule has 2 aromatic heterocycles. The molecule has 3 rings (SSSR count). The molecule has 11 heteroatoms. The van der Waals surface area contributed by atoms with E-state index in [0.717, 1.165) is 0 Å². The second-order valence-electron chi connectivity index (χ2n) is 4.24. The number of anilines is 1. The van der Waals surface area contributed by atoms with E-state index in [9.17, 15) is 14.9 Å². The summed E-state index contributed by atoms with van der Waals surface area (Å²) in [6.45, 7) is 0. The van der Waals surface area contributed by atoms with E-state index in [0.29, 0.717) is 5.52 Å². The molecule has 0 atom stereocenters. The van der Waals surface area contributed by atoms with Gasteiger partial charge in [-0.25, -0.2) is 9.97 Å². The molecule has 0 radical (unpaired) electrons. The van der Waals surface area contributed by atoms with Crippen LogP contribution in [0.4, 0.5) is 11.5 Å². The molecule has 108 valence electrons. The minimum absolute atomic E-state index is 0. The van der Waals surface area contributed by atoms with Crippen molar-refractivity contribution in [1.82, 2.24) is 19.5 Å². The maximum atomic E-state index is 11.7. The Labute approximate surface area is 150 Å². The summed E-state index contributed by atoms with van der Waals surface area (Å²) in [5, 5.41) is 22.0. The van der Waals surface area contributed by atoms with E-state index in [1.54, 1.807) is 12.4 Å². The van der Waals surface area contributed by atoms with E-state index in [-0.39, 0.29) is 52.3 Å². The first-order chi connectivity index (χ1) is 10.6. The van der Waals surface area contributed by atoms with Gasteiger partial charge in [-0.15, -0.1) is 0 Å². The molecule has 10 nitrogen and oxygen atoms in total. The number of nitriles is 1. The molecule has 0 saturated carbocycles. The Hall–Kier alpha value is -2.74. The number of H-pyrrole nitrogens is 1. The Morgan fingerprint density at radius 3 is 2.83 bits per heavy atom. The van der Waals surface area contributed by atoms with Gasteiger partial charge in [-0.2, -0.15) is 5.26 Å². The van der Waals surface area contributed by atoms with Gasteiger partial charge in [0.15, 0.2) is 6.19 Å². The van der Waals surface area contributed by atoms with Crippen LogP contribution in [-0.4, -0.2) is 24.4 Å². The Morgan fingerprint density at radius 2 is 2.22 bits per heavy atom. The number of rotatable bonds is 3. The first-order valence-electron chi connectivity index (χ1n) is 5.96. The quantitative estimate of drug-likeness (QED) is 0.185. The van der Waals surface area contributed by atoms with E-state index >= 15 is 0 Å². The number of aromatic nitrogens is 4. The maximum Gasteiger partial charge on any atom is 1.00 e. The van der Waals surface area contributed by atoms with Crippen molar-refractivity contribution in [1.29, 1.82) is 5.26 Å². The second-order valence-corrected chi connectivity index (χ2v) is 4.24. The monoisotopic (exact) mass is 320 g/mol. The predicted molar refractivity (Wildman–Crippen MR) is 75.4 cm³/mol. The van der Waals surface area contributed by atoms with Gasteiger partial charge in [0.05, 0.1) is 22.3 Å². The zero-order valence-corrected chi connectivity index (χ0v) is 13.8. The topological polar surface area (TPSA) is 143 Å². The summed E-state index contributed by atoms with van der Waals surface area (Å²) in [6.07, 6.45) is 6.05. The molecule has 2 heterocycles. The van der Waals surface area contributed by atoms with Gasteiger partial charge in [-0.1, -0.05) is 0 Å². The zero-order valence-electron chi connectivity index (χ0n) is 11.8. The molecular formula is C12H7N7NaO3+. The summed E-state index contributed by atoms with van der Waals surface area (Å²) < 4.78 is 1.46. The average Bonchev–Trinajstić information content (AvgIpc) is 3.01. The van der Waals surface area contributed by atoms with E-state index in [4.69, 9.17) is 5.26 Å². The Kier molecular flexibility index (Phi) is 4.75. The fourth-order valence-corrected chi connectivity index (χ4v) is 2.00. The van der Waals surface area contributed by atoms with E-state index in [1.165, 1.54) is 29.2 Å². The summed E-state index contributed by atoms with van der Waals surface area (Å²) in [5.74, 6) is -0.180. The van der Waals surface area contributed by atoms with E-state index in [1.807, 2.05) is 0 Å². The first-order valence-corrected chi connectivity index (χ1v) is 5.96. The van der Waals surface area contributed by atoms with Crippen molar-refractivity contribution in [2.24, 2.45) is 0 Å². The van der Waals surface area contributed by atoms with Crippen LogP contribution in [-0.2, 0) is 0 Å². The zero-order chi connectivity index (χ0) is 15.7. The Bertz CT molecular complexity index is 975. The molecule has 3 aromatic rings. The number of hydrogen-bond acceptors (Lipinski definition) is 7. The third kappa shape index (κ3) is 3.07. The molecule has 1 aromatic carbocycles. The number of nitrogens with zero attached hydrogens (tertiary/aromatic N) is 5. The second kappa shape index (κ2) is 6.57. The van der Waals surface area contributed by atoms with Gasteiger partial charge in [0.2, 0.25) is 5.82 Å². The minimum Gasteiger partial charge on any atom is -0.317 e. The molecule has 0 bridgehead atoms. The fourth-order valence-electron chi connectivity index (χ4n) is 2.00. The van der Waals surface area contributed by atoms with Crippen LogP contribution in [0.3, 0.4) is 0 Å². The van der Waals surface area contributed by atoms with Gasteiger partial charge >= 0.3 is 29.6 Å².